The molecule has 0 aliphatic rings. The Labute approximate surface area is 219 Å². The zero-order chi connectivity index (χ0) is 27.4. The van der Waals surface area contributed by atoms with Gasteiger partial charge in [0.15, 0.2) is 6.61 Å². The number of rotatable bonds is 11. The van der Waals surface area contributed by atoms with E-state index in [0.717, 1.165) is 16.7 Å². The molecule has 38 heavy (non-hydrogen) atoms. The zero-order valence-corrected chi connectivity index (χ0v) is 20.9. The Morgan fingerprint density at radius 1 is 0.974 bits per heavy atom. The summed E-state index contributed by atoms with van der Waals surface area (Å²) in [5.74, 6) is -3.18. The fourth-order valence-corrected chi connectivity index (χ4v) is 4.71. The molecule has 0 radical (unpaired) electrons. The molecule has 3 aromatic carbocycles. The van der Waals surface area contributed by atoms with Crippen LogP contribution in [0, 0.1) is 6.92 Å². The molecular formula is C29H29N3O6. The number of nitrogens with zero attached hydrogens (tertiary/aromatic N) is 1. The van der Waals surface area contributed by atoms with Gasteiger partial charge in [0.25, 0.3) is 11.7 Å². The molecule has 0 bridgehead atoms. The Morgan fingerprint density at radius 3 is 2.32 bits per heavy atom. The van der Waals surface area contributed by atoms with Crippen molar-refractivity contribution in [1.82, 2.24) is 4.57 Å². The smallest absolute Gasteiger partial charge is 0.341 e. The van der Waals surface area contributed by atoms with Gasteiger partial charge in [-0.05, 0) is 35.2 Å². The second-order valence-corrected chi connectivity index (χ2v) is 8.99. The molecular weight excluding hydrogens is 486 g/mol. The maximum Gasteiger partial charge on any atom is 0.341 e. The maximum atomic E-state index is 13.1. The highest BCUT2D eigenvalue weighted by atomic mass is 16.5. The third-order valence-electron chi connectivity index (χ3n) is 6.47. The number of hydrogen-bond donors (Lipinski definition) is 4. The summed E-state index contributed by atoms with van der Waals surface area (Å²) in [5, 5.41) is 19.8. The van der Waals surface area contributed by atoms with Gasteiger partial charge in [-0.15, -0.1) is 0 Å². The highest BCUT2D eigenvalue weighted by Gasteiger charge is 2.28. The van der Waals surface area contributed by atoms with Gasteiger partial charge in [-0.2, -0.15) is 0 Å². The van der Waals surface area contributed by atoms with E-state index in [-0.39, 0.29) is 29.7 Å². The number of hydrogen-bond acceptors (Lipinski definition) is 6. The number of ether oxygens (including phenoxy) is 1. The largest absolute Gasteiger partial charge is 0.481 e. The topological polar surface area (TPSA) is 158 Å². The lowest BCUT2D eigenvalue weighted by Gasteiger charge is -2.16. The van der Waals surface area contributed by atoms with E-state index in [1.807, 2.05) is 59.2 Å². The molecule has 6 N–H and O–H groups in total. The van der Waals surface area contributed by atoms with Crippen molar-refractivity contribution in [3.63, 3.8) is 0 Å². The van der Waals surface area contributed by atoms with Crippen LogP contribution in [-0.2, 0) is 22.6 Å². The Morgan fingerprint density at radius 2 is 1.66 bits per heavy atom. The predicted octanol–water partition coefficient (Wildman–Crippen LogP) is 2.66. The lowest BCUT2D eigenvalue weighted by Crippen LogP contribution is -2.24. The summed E-state index contributed by atoms with van der Waals surface area (Å²) < 4.78 is 7.55. The SMILES string of the molecule is Cc1c(C(=O)C(N)=O)c2c(OCC(=O)O)c(CC(O)CN)ccc2n1Cc1ccccc1-c1ccccc1. The molecule has 9 heteroatoms. The molecule has 1 heterocycles. The minimum atomic E-state index is -1.22. The normalized spacial score (nSPS) is 11.9. The summed E-state index contributed by atoms with van der Waals surface area (Å²) in [4.78, 5) is 36.5. The molecule has 4 aromatic rings. The van der Waals surface area contributed by atoms with Crippen molar-refractivity contribution in [2.24, 2.45) is 11.5 Å². The maximum absolute atomic E-state index is 13.1. The Balaban J connectivity index is 1.97. The van der Waals surface area contributed by atoms with Crippen molar-refractivity contribution >= 4 is 28.6 Å². The van der Waals surface area contributed by atoms with Crippen LogP contribution in [0.2, 0.25) is 0 Å². The molecule has 0 aliphatic heterocycles. The van der Waals surface area contributed by atoms with Crippen LogP contribution < -0.4 is 16.2 Å². The molecule has 9 nitrogen and oxygen atoms in total. The van der Waals surface area contributed by atoms with Gasteiger partial charge in [0.05, 0.1) is 22.6 Å². The number of ketones is 1. The first-order valence-corrected chi connectivity index (χ1v) is 12.1. The number of carbonyl (C=O) groups is 3. The highest BCUT2D eigenvalue weighted by molar-refractivity contribution is 6.45. The summed E-state index contributed by atoms with van der Waals surface area (Å²) in [6.07, 6.45) is -0.858. The van der Waals surface area contributed by atoms with Crippen LogP contribution in [-0.4, -0.2) is 51.7 Å². The number of aliphatic hydroxyl groups excluding tert-OH is 1. The number of carboxylic acids is 1. The van der Waals surface area contributed by atoms with Gasteiger partial charge < -0.3 is 31.0 Å². The van der Waals surface area contributed by atoms with Gasteiger partial charge >= 0.3 is 5.97 Å². The van der Waals surface area contributed by atoms with E-state index in [0.29, 0.717) is 23.3 Å². The number of nitrogens with two attached hydrogens (primary N) is 2. The quantitative estimate of drug-likeness (QED) is 0.177. The molecule has 0 saturated heterocycles. The second kappa shape index (κ2) is 11.3. The third kappa shape index (κ3) is 5.29. The van der Waals surface area contributed by atoms with Gasteiger partial charge in [-0.1, -0.05) is 60.7 Å². The van der Waals surface area contributed by atoms with Crippen molar-refractivity contribution < 1.29 is 29.3 Å². The van der Waals surface area contributed by atoms with Gasteiger partial charge in [-0.25, -0.2) is 4.79 Å². The average molecular weight is 516 g/mol. The highest BCUT2D eigenvalue weighted by Crippen LogP contribution is 2.38. The van der Waals surface area contributed by atoms with E-state index < -0.39 is 30.4 Å². The molecule has 1 unspecified atom stereocenters. The van der Waals surface area contributed by atoms with Gasteiger partial charge in [0.1, 0.15) is 5.75 Å². The number of fused-ring (bicyclic) bond motifs is 1. The molecule has 1 atom stereocenters. The summed E-state index contributed by atoms with van der Waals surface area (Å²) in [7, 11) is 0. The molecule has 0 fully saturated rings. The van der Waals surface area contributed by atoms with Crippen LogP contribution in [0.3, 0.4) is 0 Å². The molecule has 196 valence electrons. The first kappa shape index (κ1) is 26.6. The standard InChI is InChI=1S/C29H29N3O6/c1-17-25(27(36)29(31)37)26-23(12-11-19(13-21(33)14-30)28(26)38-16-24(34)35)32(17)15-20-9-5-6-10-22(20)18-7-3-2-4-8-18/h2-12,21,33H,13-16,30H2,1H3,(H2,31,37)(H,34,35). The predicted molar refractivity (Wildman–Crippen MR) is 143 cm³/mol. The molecule has 0 saturated carbocycles. The van der Waals surface area contributed by atoms with Gasteiger partial charge in [0, 0.05) is 25.2 Å². The van der Waals surface area contributed by atoms with Crippen LogP contribution in [0.4, 0.5) is 0 Å². The van der Waals surface area contributed by atoms with Crippen LogP contribution >= 0.6 is 0 Å². The summed E-state index contributed by atoms with van der Waals surface area (Å²) >= 11 is 0. The Hall–Kier alpha value is -4.47. The van der Waals surface area contributed by atoms with E-state index in [1.165, 1.54) is 0 Å². The van der Waals surface area contributed by atoms with E-state index in [9.17, 15) is 24.6 Å². The van der Waals surface area contributed by atoms with E-state index >= 15 is 0 Å². The van der Waals surface area contributed by atoms with E-state index in [2.05, 4.69) is 0 Å². The van der Waals surface area contributed by atoms with E-state index in [4.69, 9.17) is 16.2 Å². The molecule has 4 rings (SSSR count). The summed E-state index contributed by atoms with van der Waals surface area (Å²) in [5.41, 5.74) is 15.5. The second-order valence-electron chi connectivity index (χ2n) is 8.99. The molecule has 0 aliphatic carbocycles. The van der Waals surface area contributed by atoms with Gasteiger partial charge in [0.2, 0.25) is 0 Å². The van der Waals surface area contributed by atoms with Crippen molar-refractivity contribution in [2.75, 3.05) is 13.2 Å². The number of primary amides is 1. The first-order valence-electron chi connectivity index (χ1n) is 12.1. The zero-order valence-electron chi connectivity index (χ0n) is 20.9. The lowest BCUT2D eigenvalue weighted by atomic mass is 9.99. The fourth-order valence-electron chi connectivity index (χ4n) is 4.71. The van der Waals surface area contributed by atoms with Crippen LogP contribution in [0.25, 0.3) is 22.0 Å². The Bertz CT molecular complexity index is 1510. The molecule has 1 amide bonds. The van der Waals surface area contributed by atoms with E-state index in [1.54, 1.807) is 19.1 Å². The number of aromatic nitrogens is 1. The number of carboxylic acid groups (broad SMARTS) is 1. The molecule has 0 spiro atoms. The van der Waals surface area contributed by atoms with Crippen LogP contribution in [0.15, 0.2) is 66.7 Å². The third-order valence-corrected chi connectivity index (χ3v) is 6.47. The first-order chi connectivity index (χ1) is 18.2. The Kier molecular flexibility index (Phi) is 7.90. The monoisotopic (exact) mass is 515 g/mol. The number of carbonyl (C=O) groups excluding carboxylic acids is 2. The number of aliphatic hydroxyl groups is 1. The van der Waals surface area contributed by atoms with Gasteiger partial charge in [-0.3, -0.25) is 9.59 Å². The van der Waals surface area contributed by atoms with Crippen LogP contribution in [0.1, 0.15) is 27.2 Å². The van der Waals surface area contributed by atoms with Crippen molar-refractivity contribution in [3.05, 3.63) is 89.1 Å². The van der Waals surface area contributed by atoms with Crippen molar-refractivity contribution in [1.29, 1.82) is 0 Å². The number of amides is 1. The minimum Gasteiger partial charge on any atom is -0.481 e. The van der Waals surface area contributed by atoms with Crippen molar-refractivity contribution in [3.8, 4) is 16.9 Å². The number of aliphatic carboxylic acids is 1. The summed E-state index contributed by atoms with van der Waals surface area (Å²) in [6, 6.07) is 21.2. The number of benzene rings is 3. The molecule has 1 aromatic heterocycles. The van der Waals surface area contributed by atoms with Crippen molar-refractivity contribution in [2.45, 2.75) is 26.0 Å². The fraction of sp³-hybridized carbons (Fsp3) is 0.207. The average Bonchev–Trinajstić information content (AvgIpc) is 3.19. The number of Topliss-reactive ketones (excluding diaryl/α,β-unsaturated/α-hetero) is 1. The summed E-state index contributed by atoms with van der Waals surface area (Å²) in [6.45, 7) is 1.34. The lowest BCUT2D eigenvalue weighted by molar-refractivity contribution is -0.139. The van der Waals surface area contributed by atoms with Crippen LogP contribution in [0.5, 0.6) is 5.75 Å². The minimum absolute atomic E-state index is 0.0280.